The number of esters is 1. The summed E-state index contributed by atoms with van der Waals surface area (Å²) in [5.41, 5.74) is 1.45. The van der Waals surface area contributed by atoms with Gasteiger partial charge < -0.3 is 14.2 Å². The van der Waals surface area contributed by atoms with Gasteiger partial charge in [0, 0.05) is 37.9 Å². The minimum Gasteiger partial charge on any atom is -0.455 e. The number of carbonyl (C=O) groups excluding carboxylic acids is 1. The number of benzene rings is 2. The van der Waals surface area contributed by atoms with Crippen molar-refractivity contribution < 1.29 is 26.9 Å². The molecule has 2 aromatic carbocycles. The molecule has 1 aliphatic rings. The van der Waals surface area contributed by atoms with Gasteiger partial charge >= 0.3 is 5.97 Å². The molecule has 1 fully saturated rings. The van der Waals surface area contributed by atoms with E-state index in [1.807, 2.05) is 4.90 Å². The number of anilines is 1. The maximum absolute atomic E-state index is 13.1. The molecule has 1 aliphatic heterocycles. The number of aromatic nitrogens is 1. The Morgan fingerprint density at radius 1 is 1.09 bits per heavy atom. The summed E-state index contributed by atoms with van der Waals surface area (Å²) in [6.45, 7) is 3.16. The summed E-state index contributed by atoms with van der Waals surface area (Å²) in [7, 11) is -3.78. The quantitative estimate of drug-likeness (QED) is 0.523. The van der Waals surface area contributed by atoms with Gasteiger partial charge in [-0.3, -0.25) is 0 Å². The standard InChI is InChI=1S/C22H22FN3O5S/c1-16-13-19(24-31-16)15-30-22(27)17-3-2-4-21(14-17)32(28,29)26-11-9-25(10-12-26)20-7-5-18(23)6-8-20/h2-8,13-14H,9-12,15H2,1H3. The Morgan fingerprint density at radius 3 is 2.47 bits per heavy atom. The van der Waals surface area contributed by atoms with Crippen molar-refractivity contribution in [3.05, 3.63) is 77.4 Å². The van der Waals surface area contributed by atoms with Crippen molar-refractivity contribution in [1.82, 2.24) is 9.46 Å². The third kappa shape index (κ3) is 4.81. The first kappa shape index (κ1) is 22.0. The van der Waals surface area contributed by atoms with Crippen molar-refractivity contribution in [2.45, 2.75) is 18.4 Å². The summed E-state index contributed by atoms with van der Waals surface area (Å²) in [5.74, 6) is -0.364. The van der Waals surface area contributed by atoms with Gasteiger partial charge in [-0.05, 0) is 49.4 Å². The molecule has 8 nitrogen and oxygen atoms in total. The Morgan fingerprint density at radius 2 is 1.81 bits per heavy atom. The molecule has 0 radical (unpaired) electrons. The zero-order valence-corrected chi connectivity index (χ0v) is 18.2. The molecule has 2 heterocycles. The lowest BCUT2D eigenvalue weighted by molar-refractivity contribution is 0.0464. The van der Waals surface area contributed by atoms with Crippen LogP contribution in [0.2, 0.25) is 0 Å². The van der Waals surface area contributed by atoms with Crippen molar-refractivity contribution >= 4 is 21.7 Å². The van der Waals surface area contributed by atoms with Crippen LogP contribution in [0.5, 0.6) is 0 Å². The number of hydrogen-bond donors (Lipinski definition) is 0. The van der Waals surface area contributed by atoms with Crippen molar-refractivity contribution in [3.63, 3.8) is 0 Å². The number of nitrogens with zero attached hydrogens (tertiary/aromatic N) is 3. The third-order valence-corrected chi connectivity index (χ3v) is 7.06. The summed E-state index contributed by atoms with van der Waals surface area (Å²) in [4.78, 5) is 14.4. The summed E-state index contributed by atoms with van der Waals surface area (Å²) in [6.07, 6.45) is 0. The van der Waals surface area contributed by atoms with Gasteiger partial charge in [0.15, 0.2) is 0 Å². The first-order chi connectivity index (χ1) is 15.3. The number of piperazine rings is 1. The van der Waals surface area contributed by atoms with Gasteiger partial charge in [-0.1, -0.05) is 11.2 Å². The van der Waals surface area contributed by atoms with Crippen LogP contribution in [0.15, 0.2) is 64.0 Å². The second kappa shape index (κ2) is 9.09. The van der Waals surface area contributed by atoms with Gasteiger partial charge in [0.2, 0.25) is 10.0 Å². The molecule has 10 heteroatoms. The number of carbonyl (C=O) groups is 1. The average Bonchev–Trinajstić information content (AvgIpc) is 3.23. The fourth-order valence-electron chi connectivity index (χ4n) is 3.48. The Hall–Kier alpha value is -3.24. The zero-order chi connectivity index (χ0) is 22.7. The van der Waals surface area contributed by atoms with Crippen molar-refractivity contribution in [3.8, 4) is 0 Å². The zero-order valence-electron chi connectivity index (χ0n) is 17.4. The molecule has 0 amide bonds. The van der Waals surface area contributed by atoms with E-state index < -0.39 is 16.0 Å². The molecular weight excluding hydrogens is 437 g/mol. The summed E-state index contributed by atoms with van der Waals surface area (Å²) in [5, 5.41) is 3.75. The van der Waals surface area contributed by atoms with Crippen molar-refractivity contribution in [2.75, 3.05) is 31.1 Å². The maximum Gasteiger partial charge on any atom is 0.338 e. The highest BCUT2D eigenvalue weighted by molar-refractivity contribution is 7.89. The van der Waals surface area contributed by atoms with Gasteiger partial charge in [-0.2, -0.15) is 4.31 Å². The molecule has 0 aliphatic carbocycles. The van der Waals surface area contributed by atoms with E-state index in [-0.39, 0.29) is 36.0 Å². The maximum atomic E-state index is 13.1. The highest BCUT2D eigenvalue weighted by Crippen LogP contribution is 2.22. The largest absolute Gasteiger partial charge is 0.455 e. The monoisotopic (exact) mass is 459 g/mol. The lowest BCUT2D eigenvalue weighted by atomic mass is 10.2. The van der Waals surface area contributed by atoms with Crippen LogP contribution in [-0.4, -0.2) is 50.0 Å². The molecule has 0 unspecified atom stereocenters. The van der Waals surface area contributed by atoms with Crippen molar-refractivity contribution in [2.24, 2.45) is 0 Å². The minimum atomic E-state index is -3.78. The molecule has 4 rings (SSSR count). The number of ether oxygens (including phenoxy) is 1. The average molecular weight is 459 g/mol. The van der Waals surface area contributed by atoms with E-state index in [2.05, 4.69) is 5.16 Å². The van der Waals surface area contributed by atoms with Gasteiger partial charge in [0.05, 0.1) is 10.5 Å². The Bertz CT molecular complexity index is 1200. The SMILES string of the molecule is Cc1cc(COC(=O)c2cccc(S(=O)(=O)N3CCN(c4ccc(F)cc4)CC3)c2)no1. The van der Waals surface area contributed by atoms with Crippen LogP contribution in [0.4, 0.5) is 10.1 Å². The fourth-order valence-corrected chi connectivity index (χ4v) is 4.95. The molecule has 0 saturated carbocycles. The third-order valence-electron chi connectivity index (χ3n) is 5.17. The van der Waals surface area contributed by atoms with Crippen LogP contribution in [-0.2, 0) is 21.4 Å². The first-order valence-corrected chi connectivity index (χ1v) is 11.5. The Kier molecular flexibility index (Phi) is 6.24. The van der Waals surface area contributed by atoms with Crippen LogP contribution in [0.3, 0.4) is 0 Å². The molecule has 0 N–H and O–H groups in total. The fraction of sp³-hybridized carbons (Fsp3) is 0.273. The number of hydrogen-bond acceptors (Lipinski definition) is 7. The molecule has 168 valence electrons. The van der Waals surface area contributed by atoms with Crippen LogP contribution in [0.1, 0.15) is 21.8 Å². The Labute approximate surface area is 185 Å². The van der Waals surface area contributed by atoms with Crippen LogP contribution in [0.25, 0.3) is 0 Å². The number of sulfonamides is 1. The first-order valence-electron chi connectivity index (χ1n) is 10.0. The van der Waals surface area contributed by atoms with E-state index in [0.29, 0.717) is 24.5 Å². The number of halogens is 1. The molecule has 3 aromatic rings. The number of aryl methyl sites for hydroxylation is 1. The van der Waals surface area contributed by atoms with E-state index in [1.165, 1.54) is 40.7 Å². The smallest absolute Gasteiger partial charge is 0.338 e. The molecule has 0 spiro atoms. The molecule has 32 heavy (non-hydrogen) atoms. The summed E-state index contributed by atoms with van der Waals surface area (Å²) in [6, 6.07) is 13.6. The van der Waals surface area contributed by atoms with Gasteiger partial charge in [-0.15, -0.1) is 0 Å². The van der Waals surface area contributed by atoms with E-state index in [4.69, 9.17) is 9.26 Å². The van der Waals surface area contributed by atoms with E-state index >= 15 is 0 Å². The normalized spacial score (nSPS) is 15.0. The highest BCUT2D eigenvalue weighted by Gasteiger charge is 2.29. The number of rotatable bonds is 6. The second-order valence-corrected chi connectivity index (χ2v) is 9.34. The van der Waals surface area contributed by atoms with E-state index in [0.717, 1.165) is 5.69 Å². The predicted molar refractivity (Wildman–Crippen MR) is 114 cm³/mol. The van der Waals surface area contributed by atoms with Gasteiger partial charge in [-0.25, -0.2) is 17.6 Å². The van der Waals surface area contributed by atoms with Crippen LogP contribution < -0.4 is 4.90 Å². The highest BCUT2D eigenvalue weighted by atomic mass is 32.2. The molecule has 0 bridgehead atoms. The second-order valence-electron chi connectivity index (χ2n) is 7.40. The summed E-state index contributed by atoms with van der Waals surface area (Å²) >= 11 is 0. The van der Waals surface area contributed by atoms with Gasteiger partial charge in [0.1, 0.15) is 23.9 Å². The van der Waals surface area contributed by atoms with E-state index in [9.17, 15) is 17.6 Å². The predicted octanol–water partition coefficient (Wildman–Crippen LogP) is 2.99. The molecule has 1 aromatic heterocycles. The topological polar surface area (TPSA) is 93.0 Å². The molecular formula is C22H22FN3O5S. The Balaban J connectivity index is 1.41. The van der Waals surface area contributed by atoms with E-state index in [1.54, 1.807) is 25.1 Å². The lowest BCUT2D eigenvalue weighted by Gasteiger charge is -2.35. The molecule has 1 saturated heterocycles. The van der Waals surface area contributed by atoms with Crippen LogP contribution in [0, 0.1) is 12.7 Å². The van der Waals surface area contributed by atoms with Crippen LogP contribution >= 0.6 is 0 Å². The minimum absolute atomic E-state index is 0.0273. The molecule has 0 atom stereocenters. The lowest BCUT2D eigenvalue weighted by Crippen LogP contribution is -2.48. The van der Waals surface area contributed by atoms with Crippen molar-refractivity contribution in [1.29, 1.82) is 0 Å². The summed E-state index contributed by atoms with van der Waals surface area (Å²) < 4.78 is 50.9. The van der Waals surface area contributed by atoms with Gasteiger partial charge in [0.25, 0.3) is 0 Å².